The Labute approximate surface area is 229 Å². The van der Waals surface area contributed by atoms with Gasteiger partial charge in [-0.3, -0.25) is 19.2 Å². The number of hydrogen-bond donors (Lipinski definition) is 5. The number of aliphatic hydroxyl groups is 2. The van der Waals surface area contributed by atoms with Gasteiger partial charge < -0.3 is 31.5 Å². The molecule has 2 aromatic rings. The van der Waals surface area contributed by atoms with Gasteiger partial charge in [-0.1, -0.05) is 44.2 Å². The number of amides is 4. The van der Waals surface area contributed by atoms with Gasteiger partial charge in [0.25, 0.3) is 11.8 Å². The van der Waals surface area contributed by atoms with Crippen LogP contribution in [0, 0.1) is 0 Å². The minimum Gasteiger partial charge on any atom is -0.388 e. The van der Waals surface area contributed by atoms with Gasteiger partial charge in [-0.05, 0) is 49.9 Å². The summed E-state index contributed by atoms with van der Waals surface area (Å²) in [5.74, 6) is -2.16. The van der Waals surface area contributed by atoms with Crippen LogP contribution in [0.15, 0.2) is 48.5 Å². The van der Waals surface area contributed by atoms with Gasteiger partial charge in [-0.15, -0.1) is 0 Å². The third-order valence-electron chi connectivity index (χ3n) is 6.32. The van der Waals surface area contributed by atoms with E-state index in [0.29, 0.717) is 13.1 Å². The molecule has 10 nitrogen and oxygen atoms in total. The predicted octanol–water partition coefficient (Wildman–Crippen LogP) is 1.64. The highest BCUT2D eigenvalue weighted by molar-refractivity contribution is 6.04. The third-order valence-corrected chi connectivity index (χ3v) is 6.32. The first-order valence-corrected chi connectivity index (χ1v) is 13.2. The average molecular weight is 541 g/mol. The van der Waals surface area contributed by atoms with Gasteiger partial charge in [-0.2, -0.15) is 0 Å². The summed E-state index contributed by atoms with van der Waals surface area (Å²) in [6, 6.07) is 11.4. The fourth-order valence-corrected chi connectivity index (χ4v) is 4.38. The first kappa shape index (κ1) is 31.5. The smallest absolute Gasteiger partial charge is 0.253 e. The van der Waals surface area contributed by atoms with Gasteiger partial charge in [0.05, 0.1) is 12.1 Å². The zero-order chi connectivity index (χ0) is 29.1. The van der Waals surface area contributed by atoms with Crippen molar-refractivity contribution in [2.45, 2.75) is 71.2 Å². The van der Waals surface area contributed by atoms with E-state index < -0.39 is 36.1 Å². The van der Waals surface area contributed by atoms with Crippen LogP contribution in [0.1, 0.15) is 77.2 Å². The maximum Gasteiger partial charge on any atom is 0.253 e. The van der Waals surface area contributed by atoms with Crippen LogP contribution >= 0.6 is 0 Å². The lowest BCUT2D eigenvalue weighted by Crippen LogP contribution is -2.55. The van der Waals surface area contributed by atoms with Gasteiger partial charge in [-0.25, -0.2) is 0 Å². The van der Waals surface area contributed by atoms with Crippen LogP contribution in [0.5, 0.6) is 0 Å². The fraction of sp³-hybridized carbons (Fsp3) is 0.448. The van der Waals surface area contributed by atoms with E-state index in [1.807, 2.05) is 44.2 Å². The molecule has 0 aliphatic carbocycles. The third kappa shape index (κ3) is 9.19. The van der Waals surface area contributed by atoms with E-state index in [0.717, 1.165) is 18.4 Å². The monoisotopic (exact) mass is 540 g/mol. The van der Waals surface area contributed by atoms with E-state index in [2.05, 4.69) is 10.6 Å². The second-order valence-electron chi connectivity index (χ2n) is 9.70. The normalized spacial score (nSPS) is 14.0. The predicted molar refractivity (Wildman–Crippen MR) is 148 cm³/mol. The van der Waals surface area contributed by atoms with Gasteiger partial charge in [0.1, 0.15) is 12.2 Å². The number of nitrogens with zero attached hydrogens (tertiary/aromatic N) is 1. The van der Waals surface area contributed by atoms with Crippen molar-refractivity contribution in [1.82, 2.24) is 15.5 Å². The molecule has 2 rings (SSSR count). The number of rotatable bonds is 14. The molecule has 0 saturated carbocycles. The Morgan fingerprint density at radius 1 is 0.872 bits per heavy atom. The molecule has 2 aromatic carbocycles. The summed E-state index contributed by atoms with van der Waals surface area (Å²) in [7, 11) is 0. The second kappa shape index (κ2) is 15.0. The Hall–Kier alpha value is -3.76. The number of aliphatic hydroxyl groups excluding tert-OH is 2. The Bertz CT molecular complexity index is 1130. The molecule has 39 heavy (non-hydrogen) atoms. The van der Waals surface area contributed by atoms with Crippen molar-refractivity contribution in [3.8, 4) is 0 Å². The second-order valence-corrected chi connectivity index (χ2v) is 9.70. The quantitative estimate of drug-likeness (QED) is 0.245. The molecule has 4 amide bonds. The van der Waals surface area contributed by atoms with Crippen molar-refractivity contribution in [3.63, 3.8) is 0 Å². The maximum atomic E-state index is 13.4. The first-order valence-electron chi connectivity index (χ1n) is 13.2. The highest BCUT2D eigenvalue weighted by atomic mass is 16.3. The Kier molecular flexibility index (Phi) is 12.1. The highest BCUT2D eigenvalue weighted by Crippen LogP contribution is 2.16. The standard InChI is InChI=1S/C29H40N4O6/c1-5-12-33(13-6-2)29(39)23-16-21(27(30)37)15-22(17-23)28(38)32-24(14-20-10-8-7-9-11-20)26(36)25(35)18(3)31-19(4)34/h7-11,15-18,24-26,35-36H,5-6,12-14H2,1-4H3,(H2,30,37)(H,31,34)(H,32,38). The molecule has 0 aromatic heterocycles. The van der Waals surface area contributed by atoms with Crippen molar-refractivity contribution in [1.29, 1.82) is 0 Å². The minimum absolute atomic E-state index is 0.00146. The van der Waals surface area contributed by atoms with E-state index in [1.54, 1.807) is 11.8 Å². The van der Waals surface area contributed by atoms with Crippen LogP contribution in [-0.2, 0) is 11.2 Å². The lowest BCUT2D eigenvalue weighted by Gasteiger charge is -2.31. The molecule has 4 unspecified atom stereocenters. The molecule has 0 spiro atoms. The van der Waals surface area contributed by atoms with Crippen molar-refractivity contribution in [3.05, 3.63) is 70.8 Å². The topological polar surface area (TPSA) is 162 Å². The zero-order valence-electron chi connectivity index (χ0n) is 23.0. The summed E-state index contributed by atoms with van der Waals surface area (Å²) in [4.78, 5) is 51.8. The summed E-state index contributed by atoms with van der Waals surface area (Å²) < 4.78 is 0. The van der Waals surface area contributed by atoms with E-state index in [4.69, 9.17) is 5.73 Å². The van der Waals surface area contributed by atoms with E-state index >= 15 is 0 Å². The Morgan fingerprint density at radius 2 is 1.44 bits per heavy atom. The molecular formula is C29H40N4O6. The lowest BCUT2D eigenvalue weighted by atomic mass is 9.94. The number of nitrogens with one attached hydrogen (secondary N) is 2. The molecule has 0 bridgehead atoms. The van der Waals surface area contributed by atoms with E-state index in [9.17, 15) is 29.4 Å². The van der Waals surface area contributed by atoms with Crippen molar-refractivity contribution in [2.75, 3.05) is 13.1 Å². The molecule has 0 saturated heterocycles. The number of nitrogens with two attached hydrogens (primary N) is 1. The summed E-state index contributed by atoms with van der Waals surface area (Å²) in [5, 5.41) is 27.1. The molecule has 6 N–H and O–H groups in total. The number of primary amides is 1. The van der Waals surface area contributed by atoms with E-state index in [1.165, 1.54) is 25.1 Å². The Balaban J connectivity index is 2.42. The Morgan fingerprint density at radius 3 is 1.97 bits per heavy atom. The number of hydrogen-bond acceptors (Lipinski definition) is 6. The van der Waals surface area contributed by atoms with Crippen molar-refractivity contribution in [2.24, 2.45) is 5.73 Å². The van der Waals surface area contributed by atoms with Gasteiger partial charge in [0, 0.05) is 36.7 Å². The molecule has 0 heterocycles. The number of carbonyl (C=O) groups excluding carboxylic acids is 4. The molecule has 0 aliphatic rings. The number of benzene rings is 2. The molecule has 10 heteroatoms. The molecule has 4 atom stereocenters. The highest BCUT2D eigenvalue weighted by Gasteiger charge is 2.32. The maximum absolute atomic E-state index is 13.4. The van der Waals surface area contributed by atoms with Crippen LogP contribution in [0.2, 0.25) is 0 Å². The van der Waals surface area contributed by atoms with Crippen molar-refractivity contribution >= 4 is 23.6 Å². The molecule has 0 radical (unpaired) electrons. The van der Waals surface area contributed by atoms with Crippen molar-refractivity contribution < 1.29 is 29.4 Å². The SMILES string of the molecule is CCCN(CCC)C(=O)c1cc(C(N)=O)cc(C(=O)NC(Cc2ccccc2)C(O)C(O)C(C)NC(C)=O)c1. The molecule has 212 valence electrons. The first-order chi connectivity index (χ1) is 18.5. The van der Waals surface area contributed by atoms with Crippen LogP contribution in [0.25, 0.3) is 0 Å². The van der Waals surface area contributed by atoms with E-state index in [-0.39, 0.29) is 34.9 Å². The van der Waals surface area contributed by atoms with Gasteiger partial charge in [0.2, 0.25) is 11.8 Å². The average Bonchev–Trinajstić information content (AvgIpc) is 2.91. The summed E-state index contributed by atoms with van der Waals surface area (Å²) in [5.41, 5.74) is 6.46. The van der Waals surface area contributed by atoms with Crippen LogP contribution in [-0.4, -0.2) is 76.1 Å². The van der Waals surface area contributed by atoms with Gasteiger partial charge in [0.15, 0.2) is 0 Å². The number of carbonyl (C=O) groups is 4. The fourth-order valence-electron chi connectivity index (χ4n) is 4.38. The zero-order valence-corrected chi connectivity index (χ0v) is 23.0. The lowest BCUT2D eigenvalue weighted by molar-refractivity contribution is -0.121. The largest absolute Gasteiger partial charge is 0.388 e. The molecule has 0 fully saturated rings. The van der Waals surface area contributed by atoms with Crippen LogP contribution in [0.4, 0.5) is 0 Å². The van der Waals surface area contributed by atoms with Crippen LogP contribution < -0.4 is 16.4 Å². The summed E-state index contributed by atoms with van der Waals surface area (Å²) in [6.45, 7) is 7.78. The van der Waals surface area contributed by atoms with Gasteiger partial charge >= 0.3 is 0 Å². The minimum atomic E-state index is -1.46. The molecule has 0 aliphatic heterocycles. The summed E-state index contributed by atoms with van der Waals surface area (Å²) in [6.07, 6.45) is -1.20. The molecular weight excluding hydrogens is 500 g/mol. The summed E-state index contributed by atoms with van der Waals surface area (Å²) >= 11 is 0. The van der Waals surface area contributed by atoms with Crippen LogP contribution in [0.3, 0.4) is 0 Å².